The molecule has 1 aliphatic heterocycles. The zero-order chi connectivity index (χ0) is 21.8. The molecule has 2 unspecified atom stereocenters. The van der Waals surface area contributed by atoms with Crippen LogP contribution in [0.15, 0.2) is 23.1 Å². The fourth-order valence-electron chi connectivity index (χ4n) is 7.55. The summed E-state index contributed by atoms with van der Waals surface area (Å²) in [6.45, 7) is 0.996. The highest BCUT2D eigenvalue weighted by atomic mass is 32.2. The molecule has 0 spiro atoms. The molecular weight excluding hydrogens is 412 g/mol. The molecule has 1 aromatic carbocycles. The van der Waals surface area contributed by atoms with Crippen LogP contribution < -0.4 is 15.4 Å². The normalized spacial score (nSPS) is 35.2. The quantitative estimate of drug-likeness (QED) is 0.701. The first-order chi connectivity index (χ1) is 14.8. The van der Waals surface area contributed by atoms with Gasteiger partial charge in [0.15, 0.2) is 9.84 Å². The van der Waals surface area contributed by atoms with Gasteiger partial charge in [-0.05, 0) is 99.3 Å². The summed E-state index contributed by atoms with van der Waals surface area (Å²) in [5.41, 5.74) is 0.465. The minimum absolute atomic E-state index is 0.0718. The van der Waals surface area contributed by atoms with Crippen molar-refractivity contribution in [2.24, 2.45) is 23.2 Å². The SMILES string of the molecule is COc1ccc(S(C)(=O)=O)cc1C(=O)NC(C1CCCN1)C12CC3CC(CC(C3)C1)C2. The zero-order valence-corrected chi connectivity index (χ0v) is 19.3. The predicted octanol–water partition coefficient (Wildman–Crippen LogP) is 3.17. The lowest BCUT2D eigenvalue weighted by atomic mass is 9.47. The van der Waals surface area contributed by atoms with Gasteiger partial charge in [0.2, 0.25) is 0 Å². The minimum Gasteiger partial charge on any atom is -0.496 e. The van der Waals surface area contributed by atoms with Gasteiger partial charge in [-0.25, -0.2) is 8.42 Å². The van der Waals surface area contributed by atoms with E-state index in [9.17, 15) is 13.2 Å². The van der Waals surface area contributed by atoms with Crippen molar-refractivity contribution >= 4 is 15.7 Å². The maximum Gasteiger partial charge on any atom is 0.255 e. The maximum absolute atomic E-state index is 13.6. The minimum atomic E-state index is -3.41. The third-order valence-corrected chi connectivity index (χ3v) is 9.49. The Morgan fingerprint density at radius 1 is 1.16 bits per heavy atom. The lowest BCUT2D eigenvalue weighted by Crippen LogP contribution is -2.62. The van der Waals surface area contributed by atoms with Crippen molar-refractivity contribution < 1.29 is 17.9 Å². The molecule has 2 atom stereocenters. The molecule has 2 N–H and O–H groups in total. The summed E-state index contributed by atoms with van der Waals surface area (Å²) in [4.78, 5) is 13.7. The Kier molecular flexibility index (Phi) is 5.32. The first-order valence-corrected chi connectivity index (χ1v) is 13.6. The zero-order valence-electron chi connectivity index (χ0n) is 18.5. The molecule has 1 saturated heterocycles. The molecule has 5 aliphatic rings. The summed E-state index contributed by atoms with van der Waals surface area (Å²) in [7, 11) is -1.90. The van der Waals surface area contributed by atoms with E-state index in [-0.39, 0.29) is 28.3 Å². The Labute approximate surface area is 185 Å². The van der Waals surface area contributed by atoms with Crippen molar-refractivity contribution in [3.63, 3.8) is 0 Å². The van der Waals surface area contributed by atoms with E-state index < -0.39 is 9.84 Å². The van der Waals surface area contributed by atoms with Crippen LogP contribution in [-0.4, -0.2) is 46.3 Å². The number of carbonyl (C=O) groups excluding carboxylic acids is 1. The van der Waals surface area contributed by atoms with Crippen LogP contribution in [0.25, 0.3) is 0 Å². The Bertz CT molecular complexity index is 933. The lowest BCUT2D eigenvalue weighted by molar-refractivity contribution is -0.0775. The lowest BCUT2D eigenvalue weighted by Gasteiger charge is -2.60. The standard InChI is InChI=1S/C24H34N2O4S/c1-30-21-6-5-18(31(2,28)29)11-19(21)23(27)26-22(20-4-3-7-25-20)24-12-15-8-16(13-24)10-17(9-15)14-24/h5-6,11,15-17,20,22,25H,3-4,7-10,12-14H2,1-2H3,(H,26,27). The molecule has 4 bridgehead atoms. The van der Waals surface area contributed by atoms with Gasteiger partial charge < -0.3 is 15.4 Å². The molecule has 7 heteroatoms. The highest BCUT2D eigenvalue weighted by molar-refractivity contribution is 7.90. The third kappa shape index (κ3) is 3.88. The highest BCUT2D eigenvalue weighted by Crippen LogP contribution is 2.61. The van der Waals surface area contributed by atoms with Gasteiger partial charge in [0.05, 0.1) is 23.6 Å². The number of hydrogen-bond donors (Lipinski definition) is 2. The smallest absolute Gasteiger partial charge is 0.255 e. The molecule has 1 aromatic rings. The Hall–Kier alpha value is -1.60. The van der Waals surface area contributed by atoms with Crippen molar-refractivity contribution in [1.29, 1.82) is 0 Å². The van der Waals surface area contributed by atoms with E-state index in [0.717, 1.165) is 43.4 Å². The summed E-state index contributed by atoms with van der Waals surface area (Å²) in [5.74, 6) is 2.59. The third-order valence-electron chi connectivity index (χ3n) is 8.38. The highest BCUT2D eigenvalue weighted by Gasteiger charge is 2.56. The number of ether oxygens (including phenoxy) is 1. The Balaban J connectivity index is 1.48. The van der Waals surface area contributed by atoms with E-state index >= 15 is 0 Å². The van der Waals surface area contributed by atoms with E-state index in [1.807, 2.05) is 0 Å². The molecule has 0 radical (unpaired) electrons. The molecule has 4 aliphatic carbocycles. The first kappa shape index (κ1) is 21.3. The molecule has 31 heavy (non-hydrogen) atoms. The van der Waals surface area contributed by atoms with Crippen LogP contribution in [0.4, 0.5) is 0 Å². The van der Waals surface area contributed by atoms with Gasteiger partial charge in [0.1, 0.15) is 5.75 Å². The van der Waals surface area contributed by atoms with E-state index in [4.69, 9.17) is 4.74 Å². The van der Waals surface area contributed by atoms with Crippen molar-refractivity contribution in [3.05, 3.63) is 23.8 Å². The van der Waals surface area contributed by atoms with Crippen molar-refractivity contribution in [2.75, 3.05) is 19.9 Å². The van der Waals surface area contributed by atoms with Gasteiger partial charge in [-0.15, -0.1) is 0 Å². The van der Waals surface area contributed by atoms with Crippen LogP contribution in [0.3, 0.4) is 0 Å². The summed E-state index contributed by atoms with van der Waals surface area (Å²) < 4.78 is 29.6. The molecule has 1 amide bonds. The molecule has 4 saturated carbocycles. The Morgan fingerprint density at radius 3 is 2.32 bits per heavy atom. The van der Waals surface area contributed by atoms with E-state index in [0.29, 0.717) is 11.3 Å². The van der Waals surface area contributed by atoms with Crippen LogP contribution in [0.1, 0.15) is 61.7 Å². The monoisotopic (exact) mass is 446 g/mol. The fourth-order valence-corrected chi connectivity index (χ4v) is 8.20. The largest absolute Gasteiger partial charge is 0.496 e. The molecular formula is C24H34N2O4S. The van der Waals surface area contributed by atoms with Gasteiger partial charge in [-0.3, -0.25) is 4.79 Å². The molecule has 6 nitrogen and oxygen atoms in total. The van der Waals surface area contributed by atoms with E-state index in [1.54, 1.807) is 6.07 Å². The van der Waals surface area contributed by atoms with Crippen LogP contribution in [0, 0.1) is 23.2 Å². The van der Waals surface area contributed by atoms with Gasteiger partial charge in [-0.2, -0.15) is 0 Å². The van der Waals surface area contributed by atoms with Gasteiger partial charge >= 0.3 is 0 Å². The van der Waals surface area contributed by atoms with Gasteiger partial charge in [0, 0.05) is 12.3 Å². The summed E-state index contributed by atoms with van der Waals surface area (Å²) >= 11 is 0. The van der Waals surface area contributed by atoms with Crippen LogP contribution in [0.5, 0.6) is 5.75 Å². The molecule has 6 rings (SSSR count). The number of methoxy groups -OCH3 is 1. The average molecular weight is 447 g/mol. The number of benzene rings is 1. The molecule has 5 fully saturated rings. The van der Waals surface area contributed by atoms with Crippen molar-refractivity contribution in [2.45, 2.75) is 68.3 Å². The first-order valence-electron chi connectivity index (χ1n) is 11.7. The number of sulfone groups is 1. The van der Waals surface area contributed by atoms with E-state index in [1.165, 1.54) is 57.8 Å². The van der Waals surface area contributed by atoms with Crippen LogP contribution in [0.2, 0.25) is 0 Å². The van der Waals surface area contributed by atoms with E-state index in [2.05, 4.69) is 10.6 Å². The number of rotatable bonds is 6. The molecule has 170 valence electrons. The van der Waals surface area contributed by atoms with Crippen LogP contribution >= 0.6 is 0 Å². The average Bonchev–Trinajstić information content (AvgIpc) is 3.24. The topological polar surface area (TPSA) is 84.5 Å². The second-order valence-electron chi connectivity index (χ2n) is 10.6. The van der Waals surface area contributed by atoms with Crippen molar-refractivity contribution in [3.8, 4) is 5.75 Å². The molecule has 1 heterocycles. The van der Waals surface area contributed by atoms with Gasteiger partial charge in [0.25, 0.3) is 5.91 Å². The van der Waals surface area contributed by atoms with Crippen molar-refractivity contribution in [1.82, 2.24) is 10.6 Å². The predicted molar refractivity (Wildman–Crippen MR) is 119 cm³/mol. The number of nitrogens with one attached hydrogen (secondary N) is 2. The maximum atomic E-state index is 13.6. The van der Waals surface area contributed by atoms with Gasteiger partial charge in [-0.1, -0.05) is 0 Å². The summed E-state index contributed by atoms with van der Waals surface area (Å²) in [5, 5.41) is 7.07. The Morgan fingerprint density at radius 2 is 1.81 bits per heavy atom. The molecule has 0 aromatic heterocycles. The number of hydrogen-bond acceptors (Lipinski definition) is 5. The van der Waals surface area contributed by atoms with Crippen LogP contribution in [-0.2, 0) is 9.84 Å². The number of carbonyl (C=O) groups is 1. The second-order valence-corrected chi connectivity index (χ2v) is 12.6. The fraction of sp³-hybridized carbons (Fsp3) is 0.708. The summed E-state index contributed by atoms with van der Waals surface area (Å²) in [6.07, 6.45) is 11.1. The second kappa shape index (κ2) is 7.77. The summed E-state index contributed by atoms with van der Waals surface area (Å²) in [6, 6.07) is 4.90. The number of amides is 1.